The van der Waals surface area contributed by atoms with E-state index in [2.05, 4.69) is 9.88 Å². The third-order valence-electron chi connectivity index (χ3n) is 8.88. The summed E-state index contributed by atoms with van der Waals surface area (Å²) < 4.78 is 58.7. The van der Waals surface area contributed by atoms with Gasteiger partial charge in [0.05, 0.1) is 19.1 Å². The molecule has 0 radical (unpaired) electrons. The minimum absolute atomic E-state index is 0.153. The Bertz CT molecular complexity index is 1310. The zero-order valence-electron chi connectivity index (χ0n) is 21.2. The van der Waals surface area contributed by atoms with Gasteiger partial charge in [0.2, 0.25) is 0 Å². The molecule has 2 fully saturated rings. The topological polar surface area (TPSA) is 42.6 Å². The summed E-state index contributed by atoms with van der Waals surface area (Å²) in [6, 6.07) is 9.39. The van der Waals surface area contributed by atoms with Crippen molar-refractivity contribution in [2.45, 2.75) is 38.2 Å². The van der Waals surface area contributed by atoms with Crippen LogP contribution in [0.25, 0.3) is 10.9 Å². The first kappa shape index (κ1) is 25.4. The number of para-hydroxylation sites is 1. The molecule has 0 aliphatic carbocycles. The van der Waals surface area contributed by atoms with Gasteiger partial charge in [-0.3, -0.25) is 9.80 Å². The Morgan fingerprint density at radius 1 is 1.03 bits per heavy atom. The van der Waals surface area contributed by atoms with Crippen molar-refractivity contribution in [2.24, 2.45) is 5.41 Å². The number of piperidine rings is 1. The highest BCUT2D eigenvalue weighted by atomic mass is 19.3. The third-order valence-corrected chi connectivity index (χ3v) is 8.88. The maximum Gasteiger partial charge on any atom is 0.251 e. The highest BCUT2D eigenvalue weighted by Crippen LogP contribution is 2.43. The molecule has 9 heteroatoms. The standard InChI is InChI=1S/C29H32F4N4O/c30-22-15-19(36-11-7-29(8-12-36)6-10-35(18-29)13-14-38)16-23(31)26(22)28-27-21(5-9-37(28)17-25(32)33)20-3-1-2-4-24(20)34-27/h1-4,14-16,25,28,34H,5-13,17-18H2/t28-/m1/s1. The Kier molecular flexibility index (Phi) is 6.68. The summed E-state index contributed by atoms with van der Waals surface area (Å²) in [5.74, 6) is -1.43. The Balaban J connectivity index is 1.30. The summed E-state index contributed by atoms with van der Waals surface area (Å²) in [5.41, 5.74) is 2.80. The lowest BCUT2D eigenvalue weighted by Crippen LogP contribution is -2.42. The number of benzene rings is 2. The van der Waals surface area contributed by atoms with Crippen molar-refractivity contribution >= 4 is 22.9 Å². The molecule has 202 valence electrons. The number of rotatable bonds is 6. The Hall–Kier alpha value is -2.91. The number of likely N-dealkylation sites (tertiary alicyclic amines) is 1. The Morgan fingerprint density at radius 3 is 2.45 bits per heavy atom. The highest BCUT2D eigenvalue weighted by molar-refractivity contribution is 5.85. The van der Waals surface area contributed by atoms with E-state index in [1.54, 1.807) is 0 Å². The molecular formula is C29H32F4N4O. The van der Waals surface area contributed by atoms with Crippen molar-refractivity contribution < 1.29 is 22.4 Å². The van der Waals surface area contributed by atoms with Gasteiger partial charge in [-0.15, -0.1) is 0 Å². The number of hydrogen-bond acceptors (Lipinski definition) is 4. The number of aromatic amines is 1. The van der Waals surface area contributed by atoms with E-state index in [4.69, 9.17) is 0 Å². The highest BCUT2D eigenvalue weighted by Gasteiger charge is 2.41. The molecule has 1 spiro atoms. The summed E-state index contributed by atoms with van der Waals surface area (Å²) in [6.07, 6.45) is 1.68. The molecule has 6 rings (SSSR count). The molecule has 0 unspecified atom stereocenters. The molecule has 4 heterocycles. The summed E-state index contributed by atoms with van der Waals surface area (Å²) in [5, 5.41) is 0.961. The number of anilines is 1. The number of fused-ring (bicyclic) bond motifs is 3. The van der Waals surface area contributed by atoms with Gasteiger partial charge in [0.1, 0.15) is 17.9 Å². The number of aromatic nitrogens is 1. The monoisotopic (exact) mass is 528 g/mol. The van der Waals surface area contributed by atoms with Crippen LogP contribution in [0.5, 0.6) is 0 Å². The molecule has 2 aromatic carbocycles. The van der Waals surface area contributed by atoms with E-state index in [0.717, 1.165) is 55.1 Å². The van der Waals surface area contributed by atoms with Crippen LogP contribution in [0.1, 0.15) is 42.1 Å². The van der Waals surface area contributed by atoms with Crippen molar-refractivity contribution in [1.82, 2.24) is 14.8 Å². The van der Waals surface area contributed by atoms with Crippen LogP contribution < -0.4 is 4.90 Å². The van der Waals surface area contributed by atoms with Crippen LogP contribution in [-0.2, 0) is 11.2 Å². The van der Waals surface area contributed by atoms with Crippen LogP contribution in [0.15, 0.2) is 36.4 Å². The smallest absolute Gasteiger partial charge is 0.251 e. The normalized spacial score (nSPS) is 22.0. The SMILES string of the molecule is O=CCN1CCC2(CCN(c3cc(F)c([C@@H]4c5[nH]c6ccccc6c5CCN4CC(F)F)c(F)c3)CC2)C1. The Labute approximate surface area is 219 Å². The van der Waals surface area contributed by atoms with Crippen molar-refractivity contribution in [3.05, 3.63) is 64.9 Å². The molecule has 3 aliphatic rings. The molecule has 5 nitrogen and oxygen atoms in total. The number of nitrogens with zero attached hydrogens (tertiary/aromatic N) is 3. The van der Waals surface area contributed by atoms with Crippen LogP contribution in [0.2, 0.25) is 0 Å². The summed E-state index contributed by atoms with van der Waals surface area (Å²) in [6.45, 7) is 3.33. The largest absolute Gasteiger partial charge is 0.371 e. The molecule has 0 bridgehead atoms. The van der Waals surface area contributed by atoms with Crippen LogP contribution in [-0.4, -0.2) is 73.3 Å². The van der Waals surface area contributed by atoms with Gasteiger partial charge in [-0.05, 0) is 61.4 Å². The van der Waals surface area contributed by atoms with E-state index >= 15 is 8.78 Å². The minimum atomic E-state index is -2.62. The first-order chi connectivity index (χ1) is 18.4. The van der Waals surface area contributed by atoms with Gasteiger partial charge in [-0.2, -0.15) is 0 Å². The maximum atomic E-state index is 15.8. The van der Waals surface area contributed by atoms with Gasteiger partial charge in [-0.25, -0.2) is 17.6 Å². The molecular weight excluding hydrogens is 496 g/mol. The zero-order valence-corrected chi connectivity index (χ0v) is 21.2. The molecule has 2 saturated heterocycles. The van der Waals surface area contributed by atoms with Gasteiger partial charge >= 0.3 is 0 Å². The first-order valence-electron chi connectivity index (χ1n) is 13.4. The average Bonchev–Trinajstić information content (AvgIpc) is 3.46. The lowest BCUT2D eigenvalue weighted by molar-refractivity contribution is -0.108. The molecule has 3 aromatic rings. The lowest BCUT2D eigenvalue weighted by atomic mass is 9.77. The number of halogens is 4. The number of nitrogens with one attached hydrogen (secondary N) is 1. The second kappa shape index (κ2) is 10.0. The summed E-state index contributed by atoms with van der Waals surface area (Å²) in [7, 11) is 0. The van der Waals surface area contributed by atoms with Gasteiger partial charge in [-0.1, -0.05) is 18.2 Å². The van der Waals surface area contributed by atoms with Crippen molar-refractivity contribution in [2.75, 3.05) is 50.7 Å². The fraction of sp³-hybridized carbons (Fsp3) is 0.483. The zero-order chi connectivity index (χ0) is 26.4. The number of alkyl halides is 2. The molecule has 3 aliphatic heterocycles. The van der Waals surface area contributed by atoms with Gasteiger partial charge in [0, 0.05) is 54.0 Å². The van der Waals surface area contributed by atoms with Crippen molar-refractivity contribution in [3.63, 3.8) is 0 Å². The van der Waals surface area contributed by atoms with Crippen LogP contribution >= 0.6 is 0 Å². The molecule has 0 amide bonds. The van der Waals surface area contributed by atoms with Crippen LogP contribution in [0, 0.1) is 17.0 Å². The molecule has 1 aromatic heterocycles. The minimum Gasteiger partial charge on any atom is -0.371 e. The second-order valence-corrected chi connectivity index (χ2v) is 11.1. The lowest BCUT2D eigenvalue weighted by Gasteiger charge is -2.41. The fourth-order valence-electron chi connectivity index (χ4n) is 6.94. The molecule has 38 heavy (non-hydrogen) atoms. The van der Waals surface area contributed by atoms with E-state index in [0.29, 0.717) is 44.0 Å². The van der Waals surface area contributed by atoms with Crippen LogP contribution in [0.3, 0.4) is 0 Å². The molecule has 0 saturated carbocycles. The Morgan fingerprint density at radius 2 is 1.74 bits per heavy atom. The quantitative estimate of drug-likeness (QED) is 0.355. The van der Waals surface area contributed by atoms with E-state index in [-0.39, 0.29) is 11.0 Å². The van der Waals surface area contributed by atoms with Gasteiger partial charge in [0.25, 0.3) is 6.43 Å². The third kappa shape index (κ3) is 4.49. The second-order valence-electron chi connectivity index (χ2n) is 11.1. The molecule has 1 N–H and O–H groups in total. The predicted octanol–water partition coefficient (Wildman–Crippen LogP) is 5.15. The van der Waals surface area contributed by atoms with Crippen molar-refractivity contribution in [3.8, 4) is 0 Å². The number of hydrogen-bond donors (Lipinski definition) is 1. The molecule has 1 atom stereocenters. The van der Waals surface area contributed by atoms with Gasteiger partial charge < -0.3 is 14.7 Å². The first-order valence-corrected chi connectivity index (χ1v) is 13.4. The summed E-state index contributed by atoms with van der Waals surface area (Å²) >= 11 is 0. The van der Waals surface area contributed by atoms with Crippen molar-refractivity contribution in [1.29, 1.82) is 0 Å². The average molecular weight is 529 g/mol. The fourth-order valence-corrected chi connectivity index (χ4v) is 6.94. The van der Waals surface area contributed by atoms with E-state index in [9.17, 15) is 13.6 Å². The van der Waals surface area contributed by atoms with Gasteiger partial charge in [0.15, 0.2) is 0 Å². The number of H-pyrrole nitrogens is 1. The van der Waals surface area contributed by atoms with E-state index < -0.39 is 30.6 Å². The number of carbonyl (C=O) groups is 1. The van der Waals surface area contributed by atoms with Crippen LogP contribution in [0.4, 0.5) is 23.2 Å². The maximum absolute atomic E-state index is 15.8. The number of carbonyl (C=O) groups excluding carboxylic acids is 1. The van der Waals surface area contributed by atoms with E-state index in [1.807, 2.05) is 29.2 Å². The number of aldehydes is 1. The van der Waals surface area contributed by atoms with E-state index in [1.165, 1.54) is 17.0 Å². The predicted molar refractivity (Wildman–Crippen MR) is 139 cm³/mol. The summed E-state index contributed by atoms with van der Waals surface area (Å²) in [4.78, 5) is 19.8.